The van der Waals surface area contributed by atoms with Gasteiger partial charge in [-0.3, -0.25) is 19.9 Å². The van der Waals surface area contributed by atoms with Crippen LogP contribution in [0.25, 0.3) is 0 Å². The largest absolute Gasteiger partial charge is 0.387 e. The SMILES string of the molecule is O=C(NCC(O)c1ccncc1)c1ccc([N+](=O)[O-])c(Cl)c1. The molecule has 1 aromatic carbocycles. The number of rotatable bonds is 5. The summed E-state index contributed by atoms with van der Waals surface area (Å²) in [4.78, 5) is 25.8. The number of carbonyl (C=O) groups is 1. The molecule has 0 saturated carbocycles. The number of pyridine rings is 1. The highest BCUT2D eigenvalue weighted by molar-refractivity contribution is 6.33. The zero-order chi connectivity index (χ0) is 16.1. The minimum absolute atomic E-state index is 0.00253. The lowest BCUT2D eigenvalue weighted by Gasteiger charge is -2.12. The molecule has 0 spiro atoms. The molecule has 2 N–H and O–H groups in total. The molecule has 1 unspecified atom stereocenters. The Morgan fingerprint density at radius 2 is 2.05 bits per heavy atom. The molecule has 0 saturated heterocycles. The molecule has 2 aromatic rings. The van der Waals surface area contributed by atoms with Gasteiger partial charge in [-0.05, 0) is 29.8 Å². The third-order valence-electron chi connectivity index (χ3n) is 2.95. The molecule has 1 atom stereocenters. The summed E-state index contributed by atoms with van der Waals surface area (Å²) >= 11 is 5.75. The summed E-state index contributed by atoms with van der Waals surface area (Å²) in [5.41, 5.74) is 0.532. The van der Waals surface area contributed by atoms with Crippen molar-refractivity contribution in [3.63, 3.8) is 0 Å². The van der Waals surface area contributed by atoms with Crippen LogP contribution in [-0.4, -0.2) is 27.5 Å². The fourth-order valence-electron chi connectivity index (χ4n) is 1.79. The van der Waals surface area contributed by atoms with Gasteiger partial charge in [0.1, 0.15) is 5.02 Å². The highest BCUT2D eigenvalue weighted by Gasteiger charge is 2.16. The first-order valence-corrected chi connectivity index (χ1v) is 6.67. The van der Waals surface area contributed by atoms with Crippen LogP contribution in [0.1, 0.15) is 22.0 Å². The third-order valence-corrected chi connectivity index (χ3v) is 3.26. The number of amides is 1. The fourth-order valence-corrected chi connectivity index (χ4v) is 2.04. The second-order valence-electron chi connectivity index (χ2n) is 4.43. The molecule has 2 rings (SSSR count). The van der Waals surface area contributed by atoms with Crippen LogP contribution >= 0.6 is 11.6 Å². The maximum Gasteiger partial charge on any atom is 0.287 e. The molecule has 114 valence electrons. The van der Waals surface area contributed by atoms with Crippen LogP contribution in [0.2, 0.25) is 5.02 Å². The number of aliphatic hydroxyl groups excluding tert-OH is 1. The van der Waals surface area contributed by atoms with Gasteiger partial charge in [0, 0.05) is 30.6 Å². The highest BCUT2D eigenvalue weighted by Crippen LogP contribution is 2.24. The van der Waals surface area contributed by atoms with Gasteiger partial charge >= 0.3 is 0 Å². The van der Waals surface area contributed by atoms with Crippen LogP contribution in [0.5, 0.6) is 0 Å². The van der Waals surface area contributed by atoms with Crippen LogP contribution in [-0.2, 0) is 0 Å². The predicted molar refractivity (Wildman–Crippen MR) is 79.6 cm³/mol. The number of hydrogen-bond donors (Lipinski definition) is 2. The fraction of sp³-hybridized carbons (Fsp3) is 0.143. The summed E-state index contributed by atoms with van der Waals surface area (Å²) in [6.45, 7) is -0.00253. The van der Waals surface area contributed by atoms with Crippen molar-refractivity contribution in [2.24, 2.45) is 0 Å². The maximum absolute atomic E-state index is 12.0. The van der Waals surface area contributed by atoms with E-state index in [1.807, 2.05) is 0 Å². The summed E-state index contributed by atoms with van der Waals surface area (Å²) in [6, 6.07) is 6.96. The number of hydrogen-bond acceptors (Lipinski definition) is 5. The Hall–Kier alpha value is -2.51. The first kappa shape index (κ1) is 15.9. The first-order chi connectivity index (χ1) is 10.5. The van der Waals surface area contributed by atoms with E-state index in [1.54, 1.807) is 12.1 Å². The summed E-state index contributed by atoms with van der Waals surface area (Å²) in [5, 5.41) is 23.0. The van der Waals surface area contributed by atoms with Gasteiger partial charge in [-0.25, -0.2) is 0 Å². The molecular weight excluding hydrogens is 310 g/mol. The average Bonchev–Trinajstić information content (AvgIpc) is 2.52. The van der Waals surface area contributed by atoms with Crippen LogP contribution in [0.4, 0.5) is 5.69 Å². The normalized spacial score (nSPS) is 11.7. The molecule has 1 heterocycles. The number of nitro benzene ring substituents is 1. The Bertz CT molecular complexity index is 694. The lowest BCUT2D eigenvalue weighted by Crippen LogP contribution is -2.28. The lowest BCUT2D eigenvalue weighted by molar-refractivity contribution is -0.384. The first-order valence-electron chi connectivity index (χ1n) is 6.29. The molecule has 8 heteroatoms. The van der Waals surface area contributed by atoms with Crippen LogP contribution in [0, 0.1) is 10.1 Å². The Labute approximate surface area is 130 Å². The minimum Gasteiger partial charge on any atom is -0.387 e. The molecule has 0 aliphatic heterocycles. The van der Waals surface area contributed by atoms with Gasteiger partial charge in [0.25, 0.3) is 11.6 Å². The summed E-state index contributed by atoms with van der Waals surface area (Å²) in [6.07, 6.45) is 2.20. The van der Waals surface area contributed by atoms with E-state index in [0.717, 1.165) is 6.07 Å². The molecule has 7 nitrogen and oxygen atoms in total. The van der Waals surface area contributed by atoms with Crippen LogP contribution in [0.15, 0.2) is 42.7 Å². The number of halogens is 1. The molecule has 0 radical (unpaired) electrons. The number of aliphatic hydroxyl groups is 1. The summed E-state index contributed by atoms with van der Waals surface area (Å²) < 4.78 is 0. The van der Waals surface area contributed by atoms with Crippen molar-refractivity contribution in [1.82, 2.24) is 10.3 Å². The molecule has 0 bridgehead atoms. The minimum atomic E-state index is -0.875. The highest BCUT2D eigenvalue weighted by atomic mass is 35.5. The van der Waals surface area contributed by atoms with Crippen molar-refractivity contribution < 1.29 is 14.8 Å². The van der Waals surface area contributed by atoms with Crippen molar-refractivity contribution in [2.75, 3.05) is 6.54 Å². The molecule has 1 amide bonds. The Balaban J connectivity index is 2.01. The van der Waals surface area contributed by atoms with Crippen molar-refractivity contribution in [3.05, 3.63) is 69.0 Å². The smallest absolute Gasteiger partial charge is 0.287 e. The lowest BCUT2D eigenvalue weighted by atomic mass is 10.1. The van der Waals surface area contributed by atoms with E-state index in [1.165, 1.54) is 24.5 Å². The van der Waals surface area contributed by atoms with Gasteiger partial charge in [-0.15, -0.1) is 0 Å². The van der Waals surface area contributed by atoms with Gasteiger partial charge in [0.2, 0.25) is 0 Å². The van der Waals surface area contributed by atoms with E-state index in [4.69, 9.17) is 11.6 Å². The number of benzene rings is 1. The summed E-state index contributed by atoms with van der Waals surface area (Å²) in [5.74, 6) is -0.482. The third kappa shape index (κ3) is 3.78. The van der Waals surface area contributed by atoms with E-state index in [2.05, 4.69) is 10.3 Å². The second kappa shape index (κ2) is 6.97. The van der Waals surface area contributed by atoms with Crippen LogP contribution < -0.4 is 5.32 Å². The van der Waals surface area contributed by atoms with Crippen LogP contribution in [0.3, 0.4) is 0 Å². The Morgan fingerprint density at radius 1 is 1.36 bits per heavy atom. The number of carbonyl (C=O) groups excluding carboxylic acids is 1. The topological polar surface area (TPSA) is 105 Å². The van der Waals surface area contributed by atoms with Crippen molar-refractivity contribution >= 4 is 23.2 Å². The Kier molecular flexibility index (Phi) is 5.03. The maximum atomic E-state index is 12.0. The van der Waals surface area contributed by atoms with E-state index in [9.17, 15) is 20.0 Å². The van der Waals surface area contributed by atoms with Crippen molar-refractivity contribution in [3.8, 4) is 0 Å². The molecule has 22 heavy (non-hydrogen) atoms. The molecule has 1 aromatic heterocycles. The molecular formula is C14H12ClN3O4. The zero-order valence-corrected chi connectivity index (χ0v) is 12.0. The average molecular weight is 322 g/mol. The molecule has 0 fully saturated rings. The quantitative estimate of drug-likeness (QED) is 0.648. The standard InChI is InChI=1S/C14H12ClN3O4/c15-11-7-10(1-2-12(11)18(21)22)14(20)17-8-13(19)9-3-5-16-6-4-9/h1-7,13,19H,8H2,(H,17,20). The number of nitrogens with zero attached hydrogens (tertiary/aromatic N) is 2. The predicted octanol–water partition coefficient (Wildman–Crippen LogP) is 2.11. The monoisotopic (exact) mass is 321 g/mol. The van der Waals surface area contributed by atoms with Gasteiger partial charge in [-0.1, -0.05) is 11.6 Å². The van der Waals surface area contributed by atoms with E-state index < -0.39 is 16.9 Å². The molecule has 0 aliphatic rings. The van der Waals surface area contributed by atoms with Gasteiger partial charge in [0.15, 0.2) is 0 Å². The number of nitrogens with one attached hydrogen (secondary N) is 1. The van der Waals surface area contributed by atoms with Crippen molar-refractivity contribution in [1.29, 1.82) is 0 Å². The van der Waals surface area contributed by atoms with Crippen molar-refractivity contribution in [2.45, 2.75) is 6.10 Å². The van der Waals surface area contributed by atoms with Gasteiger partial charge in [-0.2, -0.15) is 0 Å². The second-order valence-corrected chi connectivity index (χ2v) is 4.84. The number of aromatic nitrogens is 1. The number of nitro groups is 1. The Morgan fingerprint density at radius 3 is 2.64 bits per heavy atom. The van der Waals surface area contributed by atoms with E-state index in [-0.39, 0.29) is 22.8 Å². The molecule has 0 aliphatic carbocycles. The van der Waals surface area contributed by atoms with Gasteiger partial charge in [0.05, 0.1) is 11.0 Å². The van der Waals surface area contributed by atoms with E-state index in [0.29, 0.717) is 5.56 Å². The zero-order valence-electron chi connectivity index (χ0n) is 11.3. The van der Waals surface area contributed by atoms with E-state index >= 15 is 0 Å². The summed E-state index contributed by atoms with van der Waals surface area (Å²) in [7, 11) is 0. The van der Waals surface area contributed by atoms with Gasteiger partial charge < -0.3 is 10.4 Å².